The summed E-state index contributed by atoms with van der Waals surface area (Å²) in [7, 11) is 0. The lowest BCUT2D eigenvalue weighted by atomic mass is 10.1. The number of hydrogen-bond donors (Lipinski definition) is 0. The molecule has 0 atom stereocenters. The van der Waals surface area contributed by atoms with Crippen molar-refractivity contribution in [3.63, 3.8) is 0 Å². The number of carbonyl (C=O) groups is 3. The van der Waals surface area contributed by atoms with E-state index in [0.29, 0.717) is 62.9 Å². The highest BCUT2D eigenvalue weighted by atomic mass is 16.5. The third-order valence-electron chi connectivity index (χ3n) is 5.18. The summed E-state index contributed by atoms with van der Waals surface area (Å²) in [6.07, 6.45) is 0. The quantitative estimate of drug-likeness (QED) is 0.647. The summed E-state index contributed by atoms with van der Waals surface area (Å²) in [5.41, 5.74) is 1.12. The minimum Gasteiger partial charge on any atom is -0.462 e. The summed E-state index contributed by atoms with van der Waals surface area (Å²) in [6, 6.07) is 3.13. The van der Waals surface area contributed by atoms with Crippen molar-refractivity contribution in [2.24, 2.45) is 0 Å². The summed E-state index contributed by atoms with van der Waals surface area (Å²) < 4.78 is 10.3. The number of nitrogens with zero attached hydrogens (tertiary/aromatic N) is 4. The molecular weight excluding hydrogens is 376 g/mol. The topological polar surface area (TPSA) is 92.3 Å². The number of aromatic nitrogens is 1. The van der Waals surface area contributed by atoms with Crippen molar-refractivity contribution < 1.29 is 23.9 Å². The fourth-order valence-electron chi connectivity index (χ4n) is 3.48. The lowest BCUT2D eigenvalue weighted by Gasteiger charge is -2.36. The van der Waals surface area contributed by atoms with Crippen molar-refractivity contribution in [1.82, 2.24) is 19.7 Å². The first kappa shape index (κ1) is 21.2. The smallest absolute Gasteiger partial charge is 0.339 e. The molecule has 1 aromatic rings. The molecular formula is C20H28N4O5. The van der Waals surface area contributed by atoms with Crippen molar-refractivity contribution >= 4 is 17.8 Å². The fourth-order valence-corrected chi connectivity index (χ4v) is 3.48. The Bertz CT molecular complexity index is 755. The van der Waals surface area contributed by atoms with E-state index < -0.39 is 5.97 Å². The monoisotopic (exact) mass is 404 g/mol. The Labute approximate surface area is 170 Å². The highest BCUT2D eigenvalue weighted by Gasteiger charge is 2.27. The molecule has 2 aliphatic heterocycles. The Morgan fingerprint density at radius 2 is 1.69 bits per heavy atom. The zero-order valence-corrected chi connectivity index (χ0v) is 17.1. The standard InChI is InChI=1S/C20H28N4O5/c1-3-29-20(27)16-4-5-17(21-15(16)2)19(26)24-8-6-23(7-9-24)18(25)14-22-10-12-28-13-11-22/h4-5H,3,6-14H2,1-2H3. The second-order valence-electron chi connectivity index (χ2n) is 7.11. The van der Waals surface area contributed by atoms with Crippen molar-refractivity contribution in [2.75, 3.05) is 65.6 Å². The second kappa shape index (κ2) is 9.80. The van der Waals surface area contributed by atoms with E-state index in [-0.39, 0.29) is 18.4 Å². The number of amides is 2. The molecule has 2 amide bonds. The molecule has 0 aliphatic carbocycles. The summed E-state index contributed by atoms with van der Waals surface area (Å²) in [5.74, 6) is -0.542. The van der Waals surface area contributed by atoms with Crippen molar-refractivity contribution in [3.8, 4) is 0 Å². The van der Waals surface area contributed by atoms with Crippen LogP contribution in [0.4, 0.5) is 0 Å². The molecule has 0 bridgehead atoms. The van der Waals surface area contributed by atoms with Gasteiger partial charge in [-0.15, -0.1) is 0 Å². The van der Waals surface area contributed by atoms with Crippen LogP contribution in [0.25, 0.3) is 0 Å². The second-order valence-corrected chi connectivity index (χ2v) is 7.11. The van der Waals surface area contributed by atoms with Crippen molar-refractivity contribution in [3.05, 3.63) is 29.1 Å². The van der Waals surface area contributed by atoms with E-state index >= 15 is 0 Å². The fraction of sp³-hybridized carbons (Fsp3) is 0.600. The molecule has 0 aromatic carbocycles. The van der Waals surface area contributed by atoms with Gasteiger partial charge in [0.15, 0.2) is 0 Å². The normalized spacial score (nSPS) is 17.9. The first-order valence-electron chi connectivity index (χ1n) is 10.0. The molecule has 0 spiro atoms. The van der Waals surface area contributed by atoms with Crippen LogP contribution < -0.4 is 0 Å². The van der Waals surface area contributed by atoms with E-state index in [0.717, 1.165) is 13.1 Å². The lowest BCUT2D eigenvalue weighted by Crippen LogP contribution is -2.53. The molecule has 29 heavy (non-hydrogen) atoms. The molecule has 0 N–H and O–H groups in total. The predicted octanol–water partition coefficient (Wildman–Crippen LogP) is 0.183. The van der Waals surface area contributed by atoms with E-state index in [1.165, 1.54) is 0 Å². The van der Waals surface area contributed by atoms with Crippen LogP contribution in [-0.2, 0) is 14.3 Å². The van der Waals surface area contributed by atoms with Crippen LogP contribution in [-0.4, -0.2) is 103 Å². The van der Waals surface area contributed by atoms with Gasteiger partial charge in [-0.25, -0.2) is 9.78 Å². The van der Waals surface area contributed by atoms with Gasteiger partial charge in [-0.1, -0.05) is 0 Å². The van der Waals surface area contributed by atoms with Gasteiger partial charge >= 0.3 is 5.97 Å². The molecule has 9 nitrogen and oxygen atoms in total. The Balaban J connectivity index is 1.53. The first-order chi connectivity index (χ1) is 14.0. The van der Waals surface area contributed by atoms with Crippen LogP contribution in [0.3, 0.4) is 0 Å². The third-order valence-corrected chi connectivity index (χ3v) is 5.18. The molecule has 0 unspecified atom stereocenters. The van der Waals surface area contributed by atoms with E-state index in [2.05, 4.69) is 9.88 Å². The molecule has 0 saturated carbocycles. The summed E-state index contributed by atoms with van der Waals surface area (Å²) in [6.45, 7) is 8.93. The minimum atomic E-state index is -0.441. The van der Waals surface area contributed by atoms with Crippen LogP contribution in [0.2, 0.25) is 0 Å². The van der Waals surface area contributed by atoms with E-state index in [1.807, 2.05) is 4.90 Å². The molecule has 0 radical (unpaired) electrons. The average Bonchev–Trinajstić information content (AvgIpc) is 2.74. The third kappa shape index (κ3) is 5.30. The highest BCUT2D eigenvalue weighted by molar-refractivity contribution is 5.95. The largest absolute Gasteiger partial charge is 0.462 e. The van der Waals surface area contributed by atoms with Crippen LogP contribution in [0.5, 0.6) is 0 Å². The zero-order valence-electron chi connectivity index (χ0n) is 17.1. The summed E-state index contributed by atoms with van der Waals surface area (Å²) >= 11 is 0. The summed E-state index contributed by atoms with van der Waals surface area (Å²) in [4.78, 5) is 47.1. The SMILES string of the molecule is CCOC(=O)c1ccc(C(=O)N2CCN(C(=O)CN3CCOCC3)CC2)nc1C. The highest BCUT2D eigenvalue weighted by Crippen LogP contribution is 2.13. The Morgan fingerprint density at radius 3 is 2.31 bits per heavy atom. The van der Waals surface area contributed by atoms with Crippen LogP contribution in [0, 0.1) is 6.92 Å². The van der Waals surface area contributed by atoms with Gasteiger partial charge < -0.3 is 19.3 Å². The maximum absolute atomic E-state index is 12.8. The van der Waals surface area contributed by atoms with Gasteiger partial charge in [0.1, 0.15) is 5.69 Å². The Hall–Kier alpha value is -2.52. The molecule has 2 fully saturated rings. The number of morpholine rings is 1. The molecule has 158 valence electrons. The number of aryl methyl sites for hydroxylation is 1. The zero-order chi connectivity index (χ0) is 20.8. The van der Waals surface area contributed by atoms with Gasteiger partial charge in [-0.05, 0) is 26.0 Å². The van der Waals surface area contributed by atoms with E-state index in [9.17, 15) is 14.4 Å². The van der Waals surface area contributed by atoms with Crippen LogP contribution >= 0.6 is 0 Å². The first-order valence-corrected chi connectivity index (χ1v) is 10.0. The van der Waals surface area contributed by atoms with Crippen LogP contribution in [0.1, 0.15) is 33.5 Å². The number of piperazine rings is 1. The minimum absolute atomic E-state index is 0.0896. The van der Waals surface area contributed by atoms with Gasteiger partial charge in [0.05, 0.1) is 37.6 Å². The number of carbonyl (C=O) groups excluding carboxylic acids is 3. The van der Waals surface area contributed by atoms with Gasteiger partial charge in [-0.3, -0.25) is 14.5 Å². The summed E-state index contributed by atoms with van der Waals surface area (Å²) in [5, 5.41) is 0. The van der Waals surface area contributed by atoms with E-state index in [1.54, 1.807) is 30.9 Å². The van der Waals surface area contributed by atoms with E-state index in [4.69, 9.17) is 9.47 Å². The molecule has 2 saturated heterocycles. The number of pyridine rings is 1. The Morgan fingerprint density at radius 1 is 1.03 bits per heavy atom. The number of esters is 1. The maximum atomic E-state index is 12.8. The van der Waals surface area contributed by atoms with Gasteiger partial charge in [0.2, 0.25) is 5.91 Å². The number of ether oxygens (including phenoxy) is 2. The molecule has 3 rings (SSSR count). The number of hydrogen-bond acceptors (Lipinski definition) is 7. The average molecular weight is 404 g/mol. The molecule has 9 heteroatoms. The lowest BCUT2D eigenvalue weighted by molar-refractivity contribution is -0.134. The van der Waals surface area contributed by atoms with Crippen LogP contribution in [0.15, 0.2) is 12.1 Å². The van der Waals surface area contributed by atoms with Gasteiger partial charge in [0, 0.05) is 39.3 Å². The van der Waals surface area contributed by atoms with Gasteiger partial charge in [-0.2, -0.15) is 0 Å². The van der Waals surface area contributed by atoms with Crippen molar-refractivity contribution in [1.29, 1.82) is 0 Å². The van der Waals surface area contributed by atoms with Crippen molar-refractivity contribution in [2.45, 2.75) is 13.8 Å². The molecule has 3 heterocycles. The maximum Gasteiger partial charge on any atom is 0.339 e. The Kier molecular flexibility index (Phi) is 7.16. The molecule has 2 aliphatic rings. The number of rotatable bonds is 5. The molecule has 1 aromatic heterocycles. The van der Waals surface area contributed by atoms with Gasteiger partial charge in [0.25, 0.3) is 5.91 Å². The predicted molar refractivity (Wildman–Crippen MR) is 105 cm³/mol.